The van der Waals surface area contributed by atoms with Crippen LogP contribution < -0.4 is 10.6 Å². The summed E-state index contributed by atoms with van der Waals surface area (Å²) in [6, 6.07) is -0.0145. The number of halogens is 6. The van der Waals surface area contributed by atoms with Gasteiger partial charge in [-0.2, -0.15) is 13.2 Å². The highest BCUT2D eigenvalue weighted by Crippen LogP contribution is 2.18. The Hall–Kier alpha value is -1.93. The summed E-state index contributed by atoms with van der Waals surface area (Å²) in [6.45, 7) is -0.338. The van der Waals surface area contributed by atoms with Crippen LogP contribution in [0, 0.1) is 17.5 Å². The predicted octanol–water partition coefficient (Wildman–Crippen LogP) is 2.58. The lowest BCUT2D eigenvalue weighted by molar-refractivity contribution is -0.138. The molecule has 0 saturated carbocycles. The molecule has 0 aliphatic rings. The maximum Gasteiger partial charge on any atom is 0.405 e. The smallest absolute Gasteiger partial charge is 0.374 e. The van der Waals surface area contributed by atoms with Gasteiger partial charge in [0.15, 0.2) is 17.5 Å². The van der Waals surface area contributed by atoms with Crippen LogP contribution in [0.1, 0.15) is 6.92 Å². The number of alkyl halides is 3. The van der Waals surface area contributed by atoms with E-state index in [9.17, 15) is 31.1 Å². The van der Waals surface area contributed by atoms with Gasteiger partial charge in [-0.1, -0.05) is 0 Å². The first-order chi connectivity index (χ1) is 9.10. The molecule has 1 aromatic rings. The van der Waals surface area contributed by atoms with Gasteiger partial charge < -0.3 is 10.6 Å². The van der Waals surface area contributed by atoms with Gasteiger partial charge in [0.25, 0.3) is 0 Å². The maximum absolute atomic E-state index is 12.9. The molecule has 0 aromatic heterocycles. The normalized spacial score (nSPS) is 12.9. The average molecular weight is 300 g/mol. The summed E-state index contributed by atoms with van der Waals surface area (Å²) in [4.78, 5) is 11.3. The lowest BCUT2D eigenvalue weighted by atomic mass is 10.2. The highest BCUT2D eigenvalue weighted by atomic mass is 19.4. The zero-order valence-corrected chi connectivity index (χ0v) is 10.1. The molecular weight excluding hydrogens is 290 g/mol. The van der Waals surface area contributed by atoms with E-state index in [1.807, 2.05) is 0 Å². The summed E-state index contributed by atoms with van der Waals surface area (Å²) >= 11 is 0. The Morgan fingerprint density at radius 2 is 1.70 bits per heavy atom. The van der Waals surface area contributed by atoms with Crippen LogP contribution in [-0.2, 0) is 4.79 Å². The molecule has 0 aliphatic heterocycles. The van der Waals surface area contributed by atoms with Crippen LogP contribution in [0.5, 0.6) is 0 Å². The minimum atomic E-state index is -4.57. The molecule has 1 aromatic carbocycles. The summed E-state index contributed by atoms with van der Waals surface area (Å²) in [5.74, 6) is -5.65. The molecule has 2 N–H and O–H groups in total. The number of anilines is 1. The summed E-state index contributed by atoms with van der Waals surface area (Å²) in [5, 5.41) is 3.86. The minimum absolute atomic E-state index is 0.268. The largest absolute Gasteiger partial charge is 0.405 e. The highest BCUT2D eigenvalue weighted by molar-refractivity contribution is 5.84. The molecule has 1 amide bonds. The summed E-state index contributed by atoms with van der Waals surface area (Å²) in [6.07, 6.45) is -4.57. The van der Waals surface area contributed by atoms with E-state index in [-0.39, 0.29) is 5.69 Å². The van der Waals surface area contributed by atoms with Crippen molar-refractivity contribution in [2.24, 2.45) is 0 Å². The van der Waals surface area contributed by atoms with Gasteiger partial charge in [0.2, 0.25) is 5.91 Å². The number of rotatable bonds is 4. The molecule has 0 bridgehead atoms. The molecule has 112 valence electrons. The van der Waals surface area contributed by atoms with Gasteiger partial charge in [-0.3, -0.25) is 4.79 Å². The molecule has 0 spiro atoms. The van der Waals surface area contributed by atoms with Crippen molar-refractivity contribution in [3.63, 3.8) is 0 Å². The number of nitrogens with one attached hydrogen (secondary N) is 2. The van der Waals surface area contributed by atoms with Crippen LogP contribution in [-0.4, -0.2) is 24.7 Å². The van der Waals surface area contributed by atoms with Crippen LogP contribution in [0.3, 0.4) is 0 Å². The van der Waals surface area contributed by atoms with E-state index in [1.165, 1.54) is 6.92 Å². The van der Waals surface area contributed by atoms with Crippen molar-refractivity contribution in [2.45, 2.75) is 19.1 Å². The van der Waals surface area contributed by atoms with E-state index < -0.39 is 42.1 Å². The highest BCUT2D eigenvalue weighted by Gasteiger charge is 2.28. The van der Waals surface area contributed by atoms with Crippen LogP contribution in [0.15, 0.2) is 12.1 Å². The molecule has 0 heterocycles. The summed E-state index contributed by atoms with van der Waals surface area (Å²) in [5.41, 5.74) is -0.268. The lowest BCUT2D eigenvalue weighted by Gasteiger charge is -2.16. The van der Waals surface area contributed by atoms with E-state index >= 15 is 0 Å². The monoisotopic (exact) mass is 300 g/mol. The van der Waals surface area contributed by atoms with E-state index in [2.05, 4.69) is 5.32 Å². The van der Waals surface area contributed by atoms with Crippen molar-refractivity contribution in [2.75, 3.05) is 11.9 Å². The van der Waals surface area contributed by atoms with Crippen LogP contribution in [0.25, 0.3) is 0 Å². The fourth-order valence-corrected chi connectivity index (χ4v) is 1.29. The molecular formula is C11H10F6N2O. The SMILES string of the molecule is CC(Nc1cc(F)c(F)c(F)c1)C(=O)NCC(F)(F)F. The molecule has 0 radical (unpaired) electrons. The zero-order valence-electron chi connectivity index (χ0n) is 10.1. The first-order valence-corrected chi connectivity index (χ1v) is 5.35. The Labute approximate surface area is 110 Å². The Morgan fingerprint density at radius 3 is 2.15 bits per heavy atom. The van der Waals surface area contributed by atoms with Crippen molar-refractivity contribution in [1.82, 2.24) is 5.32 Å². The van der Waals surface area contributed by atoms with E-state index in [0.717, 1.165) is 0 Å². The fourth-order valence-electron chi connectivity index (χ4n) is 1.29. The molecule has 1 atom stereocenters. The van der Waals surface area contributed by atoms with Crippen LogP contribution >= 0.6 is 0 Å². The number of hydrogen-bond acceptors (Lipinski definition) is 2. The number of amides is 1. The van der Waals surface area contributed by atoms with Gasteiger partial charge in [-0.15, -0.1) is 0 Å². The van der Waals surface area contributed by atoms with Crippen molar-refractivity contribution >= 4 is 11.6 Å². The number of carbonyl (C=O) groups excluding carboxylic acids is 1. The second-order valence-electron chi connectivity index (χ2n) is 3.95. The van der Waals surface area contributed by atoms with Gasteiger partial charge >= 0.3 is 6.18 Å². The third kappa shape index (κ3) is 4.63. The maximum atomic E-state index is 12.9. The summed E-state index contributed by atoms with van der Waals surface area (Å²) < 4.78 is 74.1. The molecule has 1 rings (SSSR count). The minimum Gasteiger partial charge on any atom is -0.374 e. The van der Waals surface area contributed by atoms with E-state index in [0.29, 0.717) is 12.1 Å². The Kier molecular flexibility index (Phi) is 4.85. The van der Waals surface area contributed by atoms with Gasteiger partial charge in [0.1, 0.15) is 12.6 Å². The second kappa shape index (κ2) is 6.02. The molecule has 3 nitrogen and oxygen atoms in total. The zero-order chi connectivity index (χ0) is 15.5. The number of benzene rings is 1. The van der Waals surface area contributed by atoms with Gasteiger partial charge in [0, 0.05) is 17.8 Å². The van der Waals surface area contributed by atoms with Crippen molar-refractivity contribution in [3.05, 3.63) is 29.6 Å². The molecule has 0 aliphatic carbocycles. The standard InChI is InChI=1S/C11H10F6N2O/c1-5(10(20)18-4-11(15,16)17)19-6-2-7(12)9(14)8(13)3-6/h2-3,5,19H,4H2,1H3,(H,18,20). The summed E-state index contributed by atoms with van der Waals surface area (Å²) in [7, 11) is 0. The second-order valence-corrected chi connectivity index (χ2v) is 3.95. The van der Waals surface area contributed by atoms with Gasteiger partial charge in [-0.25, -0.2) is 13.2 Å². The molecule has 1 unspecified atom stereocenters. The molecule has 9 heteroatoms. The molecule has 0 fully saturated rings. The lowest BCUT2D eigenvalue weighted by Crippen LogP contribution is -2.42. The van der Waals surface area contributed by atoms with Crippen molar-refractivity contribution < 1.29 is 31.1 Å². The Morgan fingerprint density at radius 1 is 1.20 bits per heavy atom. The molecule has 20 heavy (non-hydrogen) atoms. The van der Waals surface area contributed by atoms with E-state index in [1.54, 1.807) is 5.32 Å². The molecule has 0 saturated heterocycles. The van der Waals surface area contributed by atoms with Crippen molar-refractivity contribution in [3.8, 4) is 0 Å². The fraction of sp³-hybridized carbons (Fsp3) is 0.364. The quantitative estimate of drug-likeness (QED) is 0.663. The topological polar surface area (TPSA) is 41.1 Å². The number of hydrogen-bond donors (Lipinski definition) is 2. The van der Waals surface area contributed by atoms with Crippen LogP contribution in [0.4, 0.5) is 32.0 Å². The van der Waals surface area contributed by atoms with Crippen molar-refractivity contribution in [1.29, 1.82) is 0 Å². The third-order valence-corrected chi connectivity index (χ3v) is 2.22. The Bertz CT molecular complexity index is 479. The van der Waals surface area contributed by atoms with Gasteiger partial charge in [0.05, 0.1) is 0 Å². The van der Waals surface area contributed by atoms with E-state index in [4.69, 9.17) is 0 Å². The first kappa shape index (κ1) is 16.1. The predicted molar refractivity (Wildman–Crippen MR) is 58.5 cm³/mol. The number of carbonyl (C=O) groups is 1. The Balaban J connectivity index is 2.66. The first-order valence-electron chi connectivity index (χ1n) is 5.35. The van der Waals surface area contributed by atoms with Gasteiger partial charge in [-0.05, 0) is 6.92 Å². The van der Waals surface area contributed by atoms with Crippen LogP contribution in [0.2, 0.25) is 0 Å². The third-order valence-electron chi connectivity index (χ3n) is 2.22. The average Bonchev–Trinajstić information content (AvgIpc) is 2.31.